The van der Waals surface area contributed by atoms with Crippen molar-refractivity contribution in [3.63, 3.8) is 0 Å². The summed E-state index contributed by atoms with van der Waals surface area (Å²) >= 11 is 2.92. The fraction of sp³-hybridized carbons (Fsp3) is 0.545. The quantitative estimate of drug-likeness (QED) is 0.476. The molecule has 0 unspecified atom stereocenters. The molecule has 172 valence electrons. The van der Waals surface area contributed by atoms with Crippen LogP contribution in [-0.4, -0.2) is 64.8 Å². The number of Topliss-reactive ketones (excluding diaryl/α,β-unsaturated/α-hetero) is 1. The number of halogens is 1. The number of carbonyl (C=O) groups is 2. The highest BCUT2D eigenvalue weighted by molar-refractivity contribution is 8.01. The highest BCUT2D eigenvalue weighted by Gasteiger charge is 2.24. The summed E-state index contributed by atoms with van der Waals surface area (Å²) in [6, 6.07) is 5.06. The first kappa shape index (κ1) is 23.0. The van der Waals surface area contributed by atoms with Gasteiger partial charge in [0.1, 0.15) is 5.82 Å². The molecule has 0 atom stereocenters. The van der Waals surface area contributed by atoms with Gasteiger partial charge >= 0.3 is 0 Å². The zero-order chi connectivity index (χ0) is 22.5. The second-order valence-electron chi connectivity index (χ2n) is 8.23. The molecule has 2 fully saturated rings. The van der Waals surface area contributed by atoms with Gasteiger partial charge in [-0.2, -0.15) is 0 Å². The Kier molecular flexibility index (Phi) is 7.62. The van der Waals surface area contributed by atoms with E-state index in [4.69, 9.17) is 0 Å². The van der Waals surface area contributed by atoms with Crippen molar-refractivity contribution in [1.29, 1.82) is 0 Å². The molecule has 1 saturated carbocycles. The van der Waals surface area contributed by atoms with Crippen molar-refractivity contribution in [2.75, 3.05) is 42.1 Å². The smallest absolute Gasteiger partial charge is 0.233 e. The zero-order valence-electron chi connectivity index (χ0n) is 18.2. The number of thioether (sulfide) groups is 1. The Balaban J connectivity index is 1.23. The summed E-state index contributed by atoms with van der Waals surface area (Å²) in [5.74, 6) is -0.184. The van der Waals surface area contributed by atoms with E-state index in [1.807, 2.05) is 9.80 Å². The third-order valence-electron chi connectivity index (χ3n) is 5.99. The molecule has 1 aromatic heterocycles. The Bertz CT molecular complexity index is 956. The van der Waals surface area contributed by atoms with Gasteiger partial charge in [0, 0.05) is 37.8 Å². The number of nitrogens with zero attached hydrogens (tertiary/aromatic N) is 4. The molecule has 0 radical (unpaired) electrons. The standard InChI is InChI=1S/C22H28FN5O2S2/c1-15(29)16-7-8-19(18(23)13-16)27-9-11-28(12-10-27)20(30)14-31-22-26-25-21(32-22)24-17-5-3-2-4-6-17/h7-8,13,17H,2-6,9-12,14H2,1H3,(H,24,25). The van der Waals surface area contributed by atoms with Gasteiger partial charge in [-0.15, -0.1) is 10.2 Å². The Morgan fingerprint density at radius 1 is 1.16 bits per heavy atom. The number of nitrogens with one attached hydrogen (secondary N) is 1. The van der Waals surface area contributed by atoms with Gasteiger partial charge < -0.3 is 15.1 Å². The Hall–Kier alpha value is -2.20. The molecule has 32 heavy (non-hydrogen) atoms. The van der Waals surface area contributed by atoms with Crippen LogP contribution in [0.15, 0.2) is 22.5 Å². The third-order valence-corrected chi connectivity index (χ3v) is 7.96. The molecule has 10 heteroatoms. The van der Waals surface area contributed by atoms with Crippen LogP contribution in [0.4, 0.5) is 15.2 Å². The molecular formula is C22H28FN5O2S2. The number of rotatable bonds is 7. The first-order valence-corrected chi connectivity index (χ1v) is 12.9. The van der Waals surface area contributed by atoms with E-state index in [2.05, 4.69) is 15.5 Å². The molecular weight excluding hydrogens is 449 g/mol. The number of anilines is 2. The maximum absolute atomic E-state index is 14.4. The number of aromatic nitrogens is 2. The predicted octanol–water partition coefficient (Wildman–Crippen LogP) is 4.07. The highest BCUT2D eigenvalue weighted by atomic mass is 32.2. The van der Waals surface area contributed by atoms with E-state index in [0.29, 0.717) is 49.2 Å². The van der Waals surface area contributed by atoms with E-state index in [-0.39, 0.29) is 11.7 Å². The summed E-state index contributed by atoms with van der Waals surface area (Å²) in [6.07, 6.45) is 6.19. The van der Waals surface area contributed by atoms with Crippen LogP contribution < -0.4 is 10.2 Å². The van der Waals surface area contributed by atoms with Crippen molar-refractivity contribution in [2.45, 2.75) is 49.4 Å². The Morgan fingerprint density at radius 3 is 2.59 bits per heavy atom. The number of hydrogen-bond donors (Lipinski definition) is 1. The Labute approximate surface area is 195 Å². The van der Waals surface area contributed by atoms with Crippen molar-refractivity contribution in [3.05, 3.63) is 29.6 Å². The number of amides is 1. The summed E-state index contributed by atoms with van der Waals surface area (Å²) < 4.78 is 15.2. The number of carbonyl (C=O) groups excluding carboxylic acids is 2. The van der Waals surface area contributed by atoms with Crippen molar-refractivity contribution in [1.82, 2.24) is 15.1 Å². The summed E-state index contributed by atoms with van der Waals surface area (Å²) in [7, 11) is 0. The van der Waals surface area contributed by atoms with Crippen LogP contribution in [-0.2, 0) is 4.79 Å². The lowest BCUT2D eigenvalue weighted by Gasteiger charge is -2.36. The van der Waals surface area contributed by atoms with Gasteiger partial charge in [0.05, 0.1) is 11.4 Å². The van der Waals surface area contributed by atoms with E-state index in [1.54, 1.807) is 12.1 Å². The summed E-state index contributed by atoms with van der Waals surface area (Å²) in [6.45, 7) is 3.62. The van der Waals surface area contributed by atoms with Gasteiger partial charge in [0.2, 0.25) is 11.0 Å². The first-order chi connectivity index (χ1) is 15.5. The van der Waals surface area contributed by atoms with E-state index >= 15 is 0 Å². The van der Waals surface area contributed by atoms with Gasteiger partial charge in [0.15, 0.2) is 10.1 Å². The van der Waals surface area contributed by atoms with Gasteiger partial charge in [-0.05, 0) is 38.0 Å². The lowest BCUT2D eigenvalue weighted by Crippen LogP contribution is -2.49. The molecule has 1 aromatic carbocycles. The molecule has 4 rings (SSSR count). The molecule has 2 aliphatic rings. The van der Waals surface area contributed by atoms with Crippen LogP contribution in [0.1, 0.15) is 49.4 Å². The molecule has 0 spiro atoms. The summed E-state index contributed by atoms with van der Waals surface area (Å²) in [4.78, 5) is 27.8. The van der Waals surface area contributed by atoms with Gasteiger partial charge in [-0.3, -0.25) is 9.59 Å². The van der Waals surface area contributed by atoms with Crippen LogP contribution in [0.2, 0.25) is 0 Å². The normalized spacial score (nSPS) is 17.4. The number of hydrogen-bond acceptors (Lipinski definition) is 8. The third kappa shape index (κ3) is 5.78. The molecule has 1 aliphatic carbocycles. The molecule has 1 saturated heterocycles. The van der Waals surface area contributed by atoms with Crippen LogP contribution >= 0.6 is 23.1 Å². The molecule has 1 aliphatic heterocycles. The van der Waals surface area contributed by atoms with E-state index in [0.717, 1.165) is 9.47 Å². The molecule has 1 amide bonds. The second-order valence-corrected chi connectivity index (χ2v) is 10.4. The van der Waals surface area contributed by atoms with Gasteiger partial charge in [-0.1, -0.05) is 42.4 Å². The van der Waals surface area contributed by atoms with Crippen LogP contribution in [0.25, 0.3) is 0 Å². The molecule has 2 heterocycles. The maximum atomic E-state index is 14.4. The predicted molar refractivity (Wildman–Crippen MR) is 126 cm³/mol. The highest BCUT2D eigenvalue weighted by Crippen LogP contribution is 2.29. The van der Waals surface area contributed by atoms with Crippen molar-refractivity contribution in [3.8, 4) is 0 Å². The lowest BCUT2D eigenvalue weighted by atomic mass is 9.96. The minimum Gasteiger partial charge on any atom is -0.366 e. The fourth-order valence-corrected chi connectivity index (χ4v) is 5.87. The first-order valence-electron chi connectivity index (χ1n) is 11.1. The van der Waals surface area contributed by atoms with E-state index in [9.17, 15) is 14.0 Å². The Morgan fingerprint density at radius 2 is 1.91 bits per heavy atom. The summed E-state index contributed by atoms with van der Waals surface area (Å²) in [5, 5.41) is 12.7. The minimum atomic E-state index is -0.401. The van der Waals surface area contributed by atoms with E-state index < -0.39 is 5.82 Å². The zero-order valence-corrected chi connectivity index (χ0v) is 19.8. The van der Waals surface area contributed by atoms with Gasteiger partial charge in [-0.25, -0.2) is 4.39 Å². The van der Waals surface area contributed by atoms with Crippen LogP contribution in [0, 0.1) is 5.82 Å². The lowest BCUT2D eigenvalue weighted by molar-refractivity contribution is -0.128. The molecule has 1 N–H and O–H groups in total. The molecule has 2 aromatic rings. The number of benzene rings is 1. The number of piperazine rings is 1. The maximum Gasteiger partial charge on any atom is 0.233 e. The SMILES string of the molecule is CC(=O)c1ccc(N2CCN(C(=O)CSc3nnc(NC4CCCCC4)s3)CC2)c(F)c1. The average molecular weight is 478 g/mol. The van der Waals surface area contributed by atoms with Crippen molar-refractivity contribution in [2.24, 2.45) is 0 Å². The van der Waals surface area contributed by atoms with E-state index in [1.165, 1.54) is 68.2 Å². The molecule has 7 nitrogen and oxygen atoms in total. The average Bonchev–Trinajstić information content (AvgIpc) is 3.25. The monoisotopic (exact) mass is 477 g/mol. The molecule has 0 bridgehead atoms. The van der Waals surface area contributed by atoms with Crippen LogP contribution in [0.5, 0.6) is 0 Å². The van der Waals surface area contributed by atoms with Gasteiger partial charge in [0.25, 0.3) is 0 Å². The minimum absolute atomic E-state index is 0.0547. The summed E-state index contributed by atoms with van der Waals surface area (Å²) in [5.41, 5.74) is 0.842. The number of ketones is 1. The largest absolute Gasteiger partial charge is 0.366 e. The van der Waals surface area contributed by atoms with Crippen molar-refractivity contribution >= 4 is 45.6 Å². The van der Waals surface area contributed by atoms with Crippen molar-refractivity contribution < 1.29 is 14.0 Å². The second kappa shape index (κ2) is 10.6. The fourth-order valence-electron chi connectivity index (χ4n) is 4.14. The topological polar surface area (TPSA) is 78.4 Å². The van der Waals surface area contributed by atoms with Crippen LogP contribution in [0.3, 0.4) is 0 Å².